The molecule has 4 heteroatoms. The topological polar surface area (TPSA) is 53.7 Å². The Morgan fingerprint density at radius 3 is 2.77 bits per heavy atom. The van der Waals surface area contributed by atoms with Gasteiger partial charge in [-0.25, -0.2) is 0 Å². The van der Waals surface area contributed by atoms with E-state index in [1.807, 2.05) is 6.92 Å². The Balaban J connectivity index is 2.37. The Kier molecular flexibility index (Phi) is 1.88. The van der Waals surface area contributed by atoms with Crippen molar-refractivity contribution in [3.63, 3.8) is 0 Å². The van der Waals surface area contributed by atoms with Crippen molar-refractivity contribution >= 4 is 5.69 Å². The lowest BCUT2D eigenvalue weighted by Crippen LogP contribution is -1.96. The first kappa shape index (κ1) is 8.04. The minimum atomic E-state index is 0.254. The molecule has 4 nitrogen and oxygen atoms in total. The largest absolute Gasteiger partial charge is 0.492 e. The molecule has 0 fully saturated rings. The summed E-state index contributed by atoms with van der Waals surface area (Å²) in [6.45, 7) is 2.75. The summed E-state index contributed by atoms with van der Waals surface area (Å²) in [6, 6.07) is 3.47. The first-order valence-electron chi connectivity index (χ1n) is 4.13. The molecule has 0 amide bonds. The van der Waals surface area contributed by atoms with Gasteiger partial charge in [0, 0.05) is 12.1 Å². The molecular weight excluding hydrogens is 170 g/mol. The van der Waals surface area contributed by atoms with Gasteiger partial charge in [0.15, 0.2) is 11.5 Å². The highest BCUT2D eigenvalue weighted by Gasteiger charge is 2.16. The van der Waals surface area contributed by atoms with Gasteiger partial charge in [0.25, 0.3) is 0 Å². The van der Waals surface area contributed by atoms with Crippen LogP contribution in [0.2, 0.25) is 0 Å². The number of rotatable bonds is 2. The molecule has 0 aromatic heterocycles. The Hall–Kier alpha value is -1.58. The second kappa shape index (κ2) is 3.05. The van der Waals surface area contributed by atoms with E-state index in [0.29, 0.717) is 29.5 Å². The summed E-state index contributed by atoms with van der Waals surface area (Å²) < 4.78 is 15.6. The average Bonchev–Trinajstić information content (AvgIpc) is 2.52. The fraction of sp³-hybridized carbons (Fsp3) is 0.333. The Morgan fingerprint density at radius 2 is 2.08 bits per heavy atom. The van der Waals surface area contributed by atoms with Crippen molar-refractivity contribution in [3.8, 4) is 17.2 Å². The number of hydrogen-bond acceptors (Lipinski definition) is 4. The van der Waals surface area contributed by atoms with Crippen LogP contribution in [0.3, 0.4) is 0 Å². The van der Waals surface area contributed by atoms with Crippen LogP contribution in [0.1, 0.15) is 6.92 Å². The van der Waals surface area contributed by atoms with Crippen molar-refractivity contribution in [2.45, 2.75) is 6.92 Å². The van der Waals surface area contributed by atoms with Crippen molar-refractivity contribution in [1.82, 2.24) is 0 Å². The smallest absolute Gasteiger partial charge is 0.231 e. The van der Waals surface area contributed by atoms with E-state index in [2.05, 4.69) is 0 Å². The summed E-state index contributed by atoms with van der Waals surface area (Å²) in [5.41, 5.74) is 6.29. The number of benzene rings is 1. The van der Waals surface area contributed by atoms with Crippen molar-refractivity contribution in [3.05, 3.63) is 12.1 Å². The monoisotopic (exact) mass is 181 g/mol. The minimum Gasteiger partial charge on any atom is -0.492 e. The van der Waals surface area contributed by atoms with E-state index in [0.717, 1.165) is 0 Å². The maximum atomic E-state index is 5.72. The van der Waals surface area contributed by atoms with Crippen LogP contribution in [0.4, 0.5) is 5.69 Å². The van der Waals surface area contributed by atoms with Crippen molar-refractivity contribution < 1.29 is 14.2 Å². The number of nitrogens with two attached hydrogens (primary N) is 1. The summed E-state index contributed by atoms with van der Waals surface area (Å²) in [4.78, 5) is 0. The van der Waals surface area contributed by atoms with Gasteiger partial charge in [-0.1, -0.05) is 0 Å². The van der Waals surface area contributed by atoms with E-state index in [4.69, 9.17) is 19.9 Å². The second-order valence-corrected chi connectivity index (χ2v) is 2.68. The highest BCUT2D eigenvalue weighted by atomic mass is 16.7. The van der Waals surface area contributed by atoms with Crippen LogP contribution in [0.25, 0.3) is 0 Å². The van der Waals surface area contributed by atoms with Gasteiger partial charge in [0.05, 0.1) is 12.3 Å². The van der Waals surface area contributed by atoms with E-state index >= 15 is 0 Å². The van der Waals surface area contributed by atoms with Gasteiger partial charge in [-0.15, -0.1) is 0 Å². The van der Waals surface area contributed by atoms with Crippen LogP contribution < -0.4 is 19.9 Å². The van der Waals surface area contributed by atoms with Crippen LogP contribution in [0.15, 0.2) is 12.1 Å². The first-order chi connectivity index (χ1) is 6.31. The average molecular weight is 181 g/mol. The quantitative estimate of drug-likeness (QED) is 0.700. The Morgan fingerprint density at radius 1 is 1.38 bits per heavy atom. The molecule has 1 aliphatic rings. The summed E-state index contributed by atoms with van der Waals surface area (Å²) in [6.07, 6.45) is 0. The summed E-state index contributed by atoms with van der Waals surface area (Å²) >= 11 is 0. The first-order valence-corrected chi connectivity index (χ1v) is 4.13. The van der Waals surface area contributed by atoms with Crippen molar-refractivity contribution in [2.75, 3.05) is 19.1 Å². The minimum absolute atomic E-state index is 0.254. The zero-order valence-corrected chi connectivity index (χ0v) is 7.37. The van der Waals surface area contributed by atoms with E-state index in [9.17, 15) is 0 Å². The summed E-state index contributed by atoms with van der Waals surface area (Å²) in [5.74, 6) is 2.02. The van der Waals surface area contributed by atoms with Gasteiger partial charge < -0.3 is 19.9 Å². The number of hydrogen-bond donors (Lipinski definition) is 1. The molecule has 0 bridgehead atoms. The molecule has 1 aliphatic heterocycles. The third-order valence-corrected chi connectivity index (χ3v) is 1.80. The van der Waals surface area contributed by atoms with Gasteiger partial charge in [0.1, 0.15) is 5.75 Å². The standard InChI is InChI=1S/C9H11NO3/c1-2-11-7-4-9-8(3-6(7)10)12-5-13-9/h3-4H,2,5,10H2,1H3. The molecule has 0 spiro atoms. The van der Waals surface area contributed by atoms with Gasteiger partial charge >= 0.3 is 0 Å². The van der Waals surface area contributed by atoms with Gasteiger partial charge in [-0.2, -0.15) is 0 Å². The Bertz CT molecular complexity index is 325. The van der Waals surface area contributed by atoms with Crippen molar-refractivity contribution in [2.24, 2.45) is 0 Å². The number of nitrogen functional groups attached to an aromatic ring is 1. The fourth-order valence-corrected chi connectivity index (χ4v) is 1.22. The molecule has 2 rings (SSSR count). The molecule has 1 aromatic rings. The molecule has 1 heterocycles. The lowest BCUT2D eigenvalue weighted by Gasteiger charge is -2.07. The molecule has 0 saturated heterocycles. The van der Waals surface area contributed by atoms with Crippen LogP contribution in [0, 0.1) is 0 Å². The van der Waals surface area contributed by atoms with Gasteiger partial charge in [-0.3, -0.25) is 0 Å². The molecule has 0 radical (unpaired) electrons. The number of ether oxygens (including phenoxy) is 3. The highest BCUT2D eigenvalue weighted by Crippen LogP contribution is 2.39. The lowest BCUT2D eigenvalue weighted by atomic mass is 10.2. The van der Waals surface area contributed by atoms with E-state index < -0.39 is 0 Å². The zero-order chi connectivity index (χ0) is 9.26. The molecular formula is C9H11NO3. The number of anilines is 1. The van der Waals surface area contributed by atoms with Crippen molar-refractivity contribution in [1.29, 1.82) is 0 Å². The van der Waals surface area contributed by atoms with E-state index in [1.54, 1.807) is 12.1 Å². The zero-order valence-electron chi connectivity index (χ0n) is 7.37. The normalized spacial score (nSPS) is 13.0. The third-order valence-electron chi connectivity index (χ3n) is 1.80. The predicted molar refractivity (Wildman–Crippen MR) is 48.1 cm³/mol. The summed E-state index contributed by atoms with van der Waals surface area (Å²) in [7, 11) is 0. The van der Waals surface area contributed by atoms with E-state index in [-0.39, 0.29) is 6.79 Å². The SMILES string of the molecule is CCOc1cc2c(cc1N)OCO2. The molecule has 2 N–H and O–H groups in total. The lowest BCUT2D eigenvalue weighted by molar-refractivity contribution is 0.174. The van der Waals surface area contributed by atoms with Crippen LogP contribution in [-0.2, 0) is 0 Å². The van der Waals surface area contributed by atoms with Crippen LogP contribution in [0.5, 0.6) is 17.2 Å². The van der Waals surface area contributed by atoms with E-state index in [1.165, 1.54) is 0 Å². The summed E-state index contributed by atoms with van der Waals surface area (Å²) in [5, 5.41) is 0. The molecule has 0 unspecified atom stereocenters. The van der Waals surface area contributed by atoms with Gasteiger partial charge in [0.2, 0.25) is 6.79 Å². The second-order valence-electron chi connectivity index (χ2n) is 2.68. The van der Waals surface area contributed by atoms with Crippen LogP contribution >= 0.6 is 0 Å². The Labute approximate surface area is 76.2 Å². The maximum absolute atomic E-state index is 5.72. The van der Waals surface area contributed by atoms with Gasteiger partial charge in [-0.05, 0) is 6.92 Å². The number of fused-ring (bicyclic) bond motifs is 1. The predicted octanol–water partition coefficient (Wildman–Crippen LogP) is 1.40. The molecule has 0 aliphatic carbocycles. The molecule has 0 atom stereocenters. The fourth-order valence-electron chi connectivity index (χ4n) is 1.22. The maximum Gasteiger partial charge on any atom is 0.231 e. The van der Waals surface area contributed by atoms with Crippen LogP contribution in [-0.4, -0.2) is 13.4 Å². The highest BCUT2D eigenvalue weighted by molar-refractivity contribution is 5.62. The third kappa shape index (κ3) is 1.35. The molecule has 70 valence electrons. The molecule has 13 heavy (non-hydrogen) atoms. The molecule has 0 saturated carbocycles. The molecule has 1 aromatic carbocycles.